The molecule has 0 radical (unpaired) electrons. The van der Waals surface area contributed by atoms with E-state index in [1.54, 1.807) is 0 Å². The van der Waals surface area contributed by atoms with E-state index in [2.05, 4.69) is 60.9 Å². The zero-order chi connectivity index (χ0) is 15.2. The quantitative estimate of drug-likeness (QED) is 0.846. The van der Waals surface area contributed by atoms with E-state index in [0.29, 0.717) is 6.04 Å². The molecule has 0 amide bonds. The van der Waals surface area contributed by atoms with Crippen LogP contribution in [0, 0.1) is 13.8 Å². The van der Waals surface area contributed by atoms with E-state index in [1.807, 2.05) is 12.4 Å². The third-order valence-corrected chi connectivity index (χ3v) is 3.89. The van der Waals surface area contributed by atoms with Crippen LogP contribution in [0.25, 0.3) is 0 Å². The Kier molecular flexibility index (Phi) is 5.57. The largest absolute Gasteiger partial charge is 0.338 e. The topological polar surface area (TPSA) is 29.9 Å². The minimum absolute atomic E-state index is 0.507. The Labute approximate surface area is 128 Å². The molecule has 0 saturated heterocycles. The number of hydrogen-bond donors (Lipinski definition) is 1. The van der Waals surface area contributed by atoms with Crippen LogP contribution >= 0.6 is 0 Å². The maximum Gasteiger partial charge on any atom is 0.108 e. The standard InChI is InChI=1S/C18H27N3/c1-5-19-17(6-7-18-20-8-9-21(18)4)13-16-11-14(2)10-15(3)12-16/h8-12,17,19H,5-7,13H2,1-4H3. The number of imidazole rings is 1. The average Bonchev–Trinajstić information content (AvgIpc) is 2.80. The van der Waals surface area contributed by atoms with Crippen molar-refractivity contribution < 1.29 is 0 Å². The van der Waals surface area contributed by atoms with Gasteiger partial charge in [0.1, 0.15) is 5.82 Å². The second kappa shape index (κ2) is 7.41. The lowest BCUT2D eigenvalue weighted by Gasteiger charge is -2.18. The minimum atomic E-state index is 0.507. The molecule has 114 valence electrons. The Hall–Kier alpha value is -1.61. The first kappa shape index (κ1) is 15.8. The average molecular weight is 285 g/mol. The molecule has 2 rings (SSSR count). The number of nitrogens with one attached hydrogen (secondary N) is 1. The molecule has 0 aliphatic heterocycles. The van der Waals surface area contributed by atoms with E-state index in [4.69, 9.17) is 0 Å². The van der Waals surface area contributed by atoms with Crippen molar-refractivity contribution in [1.82, 2.24) is 14.9 Å². The van der Waals surface area contributed by atoms with Gasteiger partial charge in [-0.2, -0.15) is 0 Å². The van der Waals surface area contributed by atoms with Crippen molar-refractivity contribution in [3.05, 3.63) is 53.1 Å². The molecule has 1 aromatic carbocycles. The van der Waals surface area contributed by atoms with E-state index in [9.17, 15) is 0 Å². The van der Waals surface area contributed by atoms with Gasteiger partial charge < -0.3 is 9.88 Å². The van der Waals surface area contributed by atoms with Crippen LogP contribution in [0.15, 0.2) is 30.6 Å². The van der Waals surface area contributed by atoms with Crippen LogP contribution in [-0.4, -0.2) is 22.1 Å². The Morgan fingerprint density at radius 3 is 2.48 bits per heavy atom. The second-order valence-corrected chi connectivity index (χ2v) is 5.95. The van der Waals surface area contributed by atoms with Gasteiger partial charge in [0, 0.05) is 31.9 Å². The van der Waals surface area contributed by atoms with E-state index >= 15 is 0 Å². The summed E-state index contributed by atoms with van der Waals surface area (Å²) in [5, 5.41) is 3.61. The molecule has 2 aromatic rings. The Morgan fingerprint density at radius 1 is 1.19 bits per heavy atom. The molecule has 0 aliphatic rings. The number of aryl methyl sites for hydroxylation is 4. The summed E-state index contributed by atoms with van der Waals surface area (Å²) in [5.74, 6) is 1.17. The number of rotatable bonds is 7. The molecule has 0 bridgehead atoms. The monoisotopic (exact) mass is 285 g/mol. The molecule has 1 N–H and O–H groups in total. The lowest BCUT2D eigenvalue weighted by atomic mass is 9.98. The van der Waals surface area contributed by atoms with Gasteiger partial charge in [-0.1, -0.05) is 36.2 Å². The van der Waals surface area contributed by atoms with Gasteiger partial charge in [0.15, 0.2) is 0 Å². The second-order valence-electron chi connectivity index (χ2n) is 5.95. The highest BCUT2D eigenvalue weighted by atomic mass is 15.0. The third-order valence-electron chi connectivity index (χ3n) is 3.89. The molecule has 3 heteroatoms. The zero-order valence-corrected chi connectivity index (χ0v) is 13.7. The van der Waals surface area contributed by atoms with Crippen molar-refractivity contribution in [3.63, 3.8) is 0 Å². The zero-order valence-electron chi connectivity index (χ0n) is 13.7. The Bertz CT molecular complexity index is 551. The normalized spacial score (nSPS) is 12.6. The summed E-state index contributed by atoms with van der Waals surface area (Å²) in [6.07, 6.45) is 7.11. The molecule has 0 aliphatic carbocycles. The lowest BCUT2D eigenvalue weighted by Crippen LogP contribution is -2.31. The molecule has 1 aromatic heterocycles. The summed E-state index contributed by atoms with van der Waals surface area (Å²) in [6, 6.07) is 7.35. The Balaban J connectivity index is 1.99. The van der Waals surface area contributed by atoms with Crippen LogP contribution < -0.4 is 5.32 Å². The van der Waals surface area contributed by atoms with E-state index in [-0.39, 0.29) is 0 Å². The predicted molar refractivity (Wildman–Crippen MR) is 88.6 cm³/mol. The highest BCUT2D eigenvalue weighted by molar-refractivity contribution is 5.29. The van der Waals surface area contributed by atoms with Gasteiger partial charge in [-0.3, -0.25) is 0 Å². The van der Waals surface area contributed by atoms with Crippen LogP contribution in [0.2, 0.25) is 0 Å². The number of aromatic nitrogens is 2. The highest BCUT2D eigenvalue weighted by Gasteiger charge is 2.11. The molecule has 1 unspecified atom stereocenters. The highest BCUT2D eigenvalue weighted by Crippen LogP contribution is 2.13. The first-order chi connectivity index (χ1) is 10.1. The molecule has 21 heavy (non-hydrogen) atoms. The predicted octanol–water partition coefficient (Wildman–Crippen LogP) is 3.19. The summed E-state index contributed by atoms with van der Waals surface area (Å²) >= 11 is 0. The lowest BCUT2D eigenvalue weighted by molar-refractivity contribution is 0.483. The smallest absolute Gasteiger partial charge is 0.108 e. The van der Waals surface area contributed by atoms with Crippen molar-refractivity contribution in [1.29, 1.82) is 0 Å². The first-order valence-electron chi connectivity index (χ1n) is 7.85. The van der Waals surface area contributed by atoms with Crippen LogP contribution in [0.1, 0.15) is 35.9 Å². The number of hydrogen-bond acceptors (Lipinski definition) is 2. The van der Waals surface area contributed by atoms with E-state index in [0.717, 1.165) is 25.8 Å². The van der Waals surface area contributed by atoms with Crippen molar-refractivity contribution in [2.75, 3.05) is 6.54 Å². The van der Waals surface area contributed by atoms with Gasteiger partial charge in [0.25, 0.3) is 0 Å². The molecule has 1 atom stereocenters. The first-order valence-corrected chi connectivity index (χ1v) is 7.85. The summed E-state index contributed by atoms with van der Waals surface area (Å²) < 4.78 is 2.11. The van der Waals surface area contributed by atoms with E-state index in [1.165, 1.54) is 22.5 Å². The third kappa shape index (κ3) is 4.71. The molecular weight excluding hydrogens is 258 g/mol. The van der Waals surface area contributed by atoms with Crippen molar-refractivity contribution >= 4 is 0 Å². The number of likely N-dealkylation sites (N-methyl/N-ethyl adjacent to an activating group) is 1. The summed E-state index contributed by atoms with van der Waals surface area (Å²) in [6.45, 7) is 7.53. The maximum atomic E-state index is 4.42. The molecule has 3 nitrogen and oxygen atoms in total. The molecule has 0 spiro atoms. The van der Waals surface area contributed by atoms with E-state index < -0.39 is 0 Å². The fourth-order valence-corrected chi connectivity index (χ4v) is 2.98. The summed E-state index contributed by atoms with van der Waals surface area (Å²) in [7, 11) is 2.06. The minimum Gasteiger partial charge on any atom is -0.338 e. The fraction of sp³-hybridized carbons (Fsp3) is 0.500. The van der Waals surface area contributed by atoms with Gasteiger partial charge in [-0.25, -0.2) is 4.98 Å². The molecular formula is C18H27N3. The van der Waals surface area contributed by atoms with Gasteiger partial charge in [-0.15, -0.1) is 0 Å². The van der Waals surface area contributed by atoms with Crippen LogP contribution in [0.4, 0.5) is 0 Å². The SMILES string of the molecule is CCNC(CCc1nccn1C)Cc1cc(C)cc(C)c1. The van der Waals surface area contributed by atoms with Gasteiger partial charge in [0.2, 0.25) is 0 Å². The molecule has 0 fully saturated rings. The Morgan fingerprint density at radius 2 is 1.90 bits per heavy atom. The molecule has 0 saturated carbocycles. The number of nitrogens with zero attached hydrogens (tertiary/aromatic N) is 2. The maximum absolute atomic E-state index is 4.42. The summed E-state index contributed by atoms with van der Waals surface area (Å²) in [4.78, 5) is 4.42. The van der Waals surface area contributed by atoms with Crippen molar-refractivity contribution in [2.24, 2.45) is 7.05 Å². The van der Waals surface area contributed by atoms with Gasteiger partial charge >= 0.3 is 0 Å². The fourth-order valence-electron chi connectivity index (χ4n) is 2.98. The van der Waals surface area contributed by atoms with Crippen molar-refractivity contribution in [2.45, 2.75) is 46.1 Å². The van der Waals surface area contributed by atoms with Gasteiger partial charge in [-0.05, 0) is 38.8 Å². The summed E-state index contributed by atoms with van der Waals surface area (Å²) in [5.41, 5.74) is 4.13. The van der Waals surface area contributed by atoms with Crippen LogP contribution in [-0.2, 0) is 19.9 Å². The van der Waals surface area contributed by atoms with Crippen LogP contribution in [0.5, 0.6) is 0 Å². The van der Waals surface area contributed by atoms with Crippen LogP contribution in [0.3, 0.4) is 0 Å². The van der Waals surface area contributed by atoms with Gasteiger partial charge in [0.05, 0.1) is 0 Å². The number of benzene rings is 1. The van der Waals surface area contributed by atoms with Crippen molar-refractivity contribution in [3.8, 4) is 0 Å². The molecule has 1 heterocycles.